The molecule has 1 saturated heterocycles. The number of carbonyl (C=O) groups excluding carboxylic acids is 2. The predicted molar refractivity (Wildman–Crippen MR) is 117 cm³/mol. The Morgan fingerprint density at radius 1 is 1.06 bits per heavy atom. The van der Waals surface area contributed by atoms with Crippen LogP contribution in [0.5, 0.6) is 5.75 Å². The minimum Gasteiger partial charge on any atom is -0.480 e. The molecule has 0 unspecified atom stereocenters. The van der Waals surface area contributed by atoms with Gasteiger partial charge in [0, 0.05) is 24.9 Å². The molecule has 2 aromatic rings. The maximum Gasteiger partial charge on any atom is 0.416 e. The number of carbonyl (C=O) groups is 3. The number of hydrogen-bond donors (Lipinski definition) is 2. The van der Waals surface area contributed by atoms with Crippen LogP contribution in [0.2, 0.25) is 0 Å². The van der Waals surface area contributed by atoms with Crippen LogP contribution < -0.4 is 10.1 Å². The normalized spacial score (nSPS) is 19.2. The number of ether oxygens (including phenoxy) is 2. The summed E-state index contributed by atoms with van der Waals surface area (Å²) in [4.78, 5) is 38.0. The number of benzene rings is 2. The molecule has 0 radical (unpaired) electrons. The van der Waals surface area contributed by atoms with Crippen LogP contribution in [0.25, 0.3) is 11.1 Å². The number of rotatable bonds is 3. The first-order valence-electron chi connectivity index (χ1n) is 10.5. The van der Waals surface area contributed by atoms with Crippen molar-refractivity contribution >= 4 is 18.2 Å². The molecule has 1 heterocycles. The second kappa shape index (κ2) is 8.18. The molecule has 8 nitrogen and oxygen atoms in total. The monoisotopic (exact) mass is 438 g/mol. The molecular formula is C24H26N2O6. The van der Waals surface area contributed by atoms with Gasteiger partial charge in [-0.05, 0) is 43.5 Å². The molecule has 1 aliphatic carbocycles. The Hall–Kier alpha value is -3.55. The average Bonchev–Trinajstić information content (AvgIpc) is 3.29. The van der Waals surface area contributed by atoms with E-state index in [4.69, 9.17) is 9.47 Å². The number of nitrogens with one attached hydrogen (secondary N) is 1. The molecule has 0 bridgehead atoms. The van der Waals surface area contributed by atoms with E-state index in [0.717, 1.165) is 27.2 Å². The third-order valence-electron chi connectivity index (χ3n) is 5.55. The number of nitrogens with zero attached hydrogens (tertiary/aromatic N) is 1. The number of carboxylic acid groups (broad SMARTS) is 1. The van der Waals surface area contributed by atoms with E-state index in [1.54, 1.807) is 26.8 Å². The van der Waals surface area contributed by atoms with E-state index in [9.17, 15) is 19.5 Å². The molecule has 1 fully saturated rings. The molecule has 0 spiro atoms. The molecule has 2 aromatic carbocycles. The summed E-state index contributed by atoms with van der Waals surface area (Å²) in [6, 6.07) is 11.9. The summed E-state index contributed by atoms with van der Waals surface area (Å²) in [5.41, 5.74) is 3.48. The van der Waals surface area contributed by atoms with E-state index in [0.29, 0.717) is 12.2 Å². The van der Waals surface area contributed by atoms with Crippen LogP contribution in [0.15, 0.2) is 42.5 Å². The lowest BCUT2D eigenvalue weighted by Gasteiger charge is -2.22. The third-order valence-corrected chi connectivity index (χ3v) is 5.55. The number of alkyl carbamates (subject to hydrolysis) is 1. The molecule has 2 amide bonds. The van der Waals surface area contributed by atoms with Gasteiger partial charge in [0.15, 0.2) is 0 Å². The lowest BCUT2D eigenvalue weighted by atomic mass is 10.1. The average molecular weight is 438 g/mol. The summed E-state index contributed by atoms with van der Waals surface area (Å²) in [5.74, 6) is -0.738. The van der Waals surface area contributed by atoms with Crippen LogP contribution in [0, 0.1) is 0 Å². The largest absolute Gasteiger partial charge is 0.480 e. The van der Waals surface area contributed by atoms with Gasteiger partial charge in [0.2, 0.25) is 0 Å². The Kier molecular flexibility index (Phi) is 5.54. The lowest BCUT2D eigenvalue weighted by molar-refractivity contribution is -0.141. The van der Waals surface area contributed by atoms with Crippen LogP contribution in [0.1, 0.15) is 38.3 Å². The van der Waals surface area contributed by atoms with Gasteiger partial charge in [0.1, 0.15) is 17.4 Å². The van der Waals surface area contributed by atoms with Crippen LogP contribution in [-0.4, -0.2) is 52.4 Å². The van der Waals surface area contributed by atoms with Gasteiger partial charge in [-0.1, -0.05) is 36.4 Å². The minimum atomic E-state index is -1.15. The number of likely N-dealkylation sites (tertiary alicyclic amines) is 1. The maximum absolute atomic E-state index is 13.0. The first kappa shape index (κ1) is 21.7. The molecule has 168 valence electrons. The Bertz CT molecular complexity index is 1070. The van der Waals surface area contributed by atoms with Crippen LogP contribution in [-0.2, 0) is 16.0 Å². The number of fused-ring (bicyclic) bond motifs is 3. The van der Waals surface area contributed by atoms with Gasteiger partial charge in [0.25, 0.3) is 0 Å². The molecule has 0 saturated carbocycles. The van der Waals surface area contributed by atoms with E-state index in [1.807, 2.05) is 36.4 Å². The van der Waals surface area contributed by atoms with E-state index < -0.39 is 35.8 Å². The molecule has 4 rings (SSSR count). The molecule has 2 atom stereocenters. The van der Waals surface area contributed by atoms with Gasteiger partial charge >= 0.3 is 18.2 Å². The smallest absolute Gasteiger partial charge is 0.416 e. The van der Waals surface area contributed by atoms with Crippen molar-refractivity contribution in [2.45, 2.75) is 51.3 Å². The summed E-state index contributed by atoms with van der Waals surface area (Å²) in [5, 5.41) is 12.3. The zero-order valence-electron chi connectivity index (χ0n) is 18.3. The molecule has 1 aliphatic heterocycles. The van der Waals surface area contributed by atoms with Crippen molar-refractivity contribution in [1.82, 2.24) is 10.2 Å². The summed E-state index contributed by atoms with van der Waals surface area (Å²) >= 11 is 0. The first-order chi connectivity index (χ1) is 15.1. The second-order valence-corrected chi connectivity index (χ2v) is 9.07. The SMILES string of the molecule is CC(C)(C)OC(=O)N[C@H]1C[C@H](C(=O)O)N(C(=O)Oc2cccc3c2Cc2ccccc2-3)C1. The van der Waals surface area contributed by atoms with Gasteiger partial charge in [-0.15, -0.1) is 0 Å². The molecule has 0 aromatic heterocycles. The topological polar surface area (TPSA) is 105 Å². The number of hydrogen-bond acceptors (Lipinski definition) is 5. The Balaban J connectivity index is 1.48. The van der Waals surface area contributed by atoms with Crippen LogP contribution in [0.4, 0.5) is 9.59 Å². The van der Waals surface area contributed by atoms with Crippen molar-refractivity contribution in [1.29, 1.82) is 0 Å². The van der Waals surface area contributed by atoms with Crippen LogP contribution in [0.3, 0.4) is 0 Å². The lowest BCUT2D eigenvalue weighted by Crippen LogP contribution is -2.43. The highest BCUT2D eigenvalue weighted by atomic mass is 16.6. The fourth-order valence-electron chi connectivity index (χ4n) is 4.23. The highest BCUT2D eigenvalue weighted by Crippen LogP contribution is 2.41. The van der Waals surface area contributed by atoms with Gasteiger partial charge in [-0.3, -0.25) is 4.90 Å². The van der Waals surface area contributed by atoms with Crippen molar-refractivity contribution in [2.24, 2.45) is 0 Å². The fourth-order valence-corrected chi connectivity index (χ4v) is 4.23. The van der Waals surface area contributed by atoms with Crippen molar-refractivity contribution in [3.8, 4) is 16.9 Å². The summed E-state index contributed by atoms with van der Waals surface area (Å²) < 4.78 is 10.9. The zero-order valence-corrected chi connectivity index (χ0v) is 18.3. The number of carboxylic acids is 1. The fraction of sp³-hybridized carbons (Fsp3) is 0.375. The van der Waals surface area contributed by atoms with Crippen LogP contribution >= 0.6 is 0 Å². The Morgan fingerprint density at radius 3 is 2.50 bits per heavy atom. The molecular weight excluding hydrogens is 412 g/mol. The zero-order chi connectivity index (χ0) is 23.0. The van der Waals surface area contributed by atoms with Gasteiger partial charge in [0.05, 0.1) is 6.04 Å². The van der Waals surface area contributed by atoms with Crippen molar-refractivity contribution < 1.29 is 29.0 Å². The summed E-state index contributed by atoms with van der Waals surface area (Å²) in [7, 11) is 0. The molecule has 2 aliphatic rings. The van der Waals surface area contributed by atoms with E-state index in [1.165, 1.54) is 0 Å². The first-order valence-corrected chi connectivity index (χ1v) is 10.5. The molecule has 32 heavy (non-hydrogen) atoms. The van der Waals surface area contributed by atoms with Crippen molar-refractivity contribution in [2.75, 3.05) is 6.54 Å². The van der Waals surface area contributed by atoms with Crippen molar-refractivity contribution in [3.63, 3.8) is 0 Å². The molecule has 2 N–H and O–H groups in total. The maximum atomic E-state index is 13.0. The number of aliphatic carboxylic acids is 1. The number of amides is 2. The standard InChI is InChI=1S/C24H26N2O6/c1-24(2,3)32-22(29)25-15-12-19(21(27)28)26(13-15)23(30)31-20-10-6-9-17-16-8-5-4-7-14(16)11-18(17)20/h4-10,15,19H,11-13H2,1-3H3,(H,25,29)(H,27,28)/t15-,19+/m0/s1. The molecule has 8 heteroatoms. The highest BCUT2D eigenvalue weighted by Gasteiger charge is 2.42. The van der Waals surface area contributed by atoms with E-state index in [2.05, 4.69) is 5.32 Å². The Morgan fingerprint density at radius 2 is 1.78 bits per heavy atom. The predicted octanol–water partition coefficient (Wildman–Crippen LogP) is 3.81. The van der Waals surface area contributed by atoms with Gasteiger partial charge in [-0.25, -0.2) is 14.4 Å². The van der Waals surface area contributed by atoms with Gasteiger partial charge < -0.3 is 19.9 Å². The van der Waals surface area contributed by atoms with Gasteiger partial charge in [-0.2, -0.15) is 0 Å². The highest BCUT2D eigenvalue weighted by molar-refractivity contribution is 5.84. The Labute approximate surface area is 186 Å². The minimum absolute atomic E-state index is 0.0181. The van der Waals surface area contributed by atoms with E-state index in [-0.39, 0.29) is 13.0 Å². The summed E-state index contributed by atoms with van der Waals surface area (Å²) in [6.45, 7) is 5.23. The van der Waals surface area contributed by atoms with E-state index >= 15 is 0 Å². The summed E-state index contributed by atoms with van der Waals surface area (Å²) in [6.07, 6.45) is -0.696. The van der Waals surface area contributed by atoms with Crippen molar-refractivity contribution in [3.05, 3.63) is 53.6 Å². The quantitative estimate of drug-likeness (QED) is 0.644. The third kappa shape index (κ3) is 4.39. The second-order valence-electron chi connectivity index (χ2n) is 9.07.